The molecular formula is C15H13FN2O5. The van der Waals surface area contributed by atoms with Gasteiger partial charge in [0.05, 0.1) is 18.4 Å². The molecule has 0 aliphatic rings. The van der Waals surface area contributed by atoms with E-state index in [1.165, 1.54) is 18.4 Å². The quantitative estimate of drug-likeness (QED) is 0.816. The van der Waals surface area contributed by atoms with Crippen molar-refractivity contribution in [3.63, 3.8) is 0 Å². The van der Waals surface area contributed by atoms with Crippen LogP contribution in [0.5, 0.6) is 0 Å². The molecule has 0 saturated heterocycles. The van der Waals surface area contributed by atoms with E-state index in [-0.39, 0.29) is 12.1 Å². The Bertz CT molecular complexity index is 682. The molecule has 0 spiro atoms. The zero-order valence-electron chi connectivity index (χ0n) is 11.9. The van der Waals surface area contributed by atoms with Gasteiger partial charge < -0.3 is 14.5 Å². The minimum absolute atomic E-state index is 0.0986. The molecule has 0 fully saturated rings. The summed E-state index contributed by atoms with van der Waals surface area (Å²) in [5.74, 6) is -1.56. The third kappa shape index (κ3) is 5.27. The molecule has 7 nitrogen and oxygen atoms in total. The van der Waals surface area contributed by atoms with E-state index in [4.69, 9.17) is 9.15 Å². The molecule has 0 atom stereocenters. The molecule has 0 bridgehead atoms. The topological polar surface area (TPSA) is 97.6 Å². The first-order valence-electron chi connectivity index (χ1n) is 6.57. The van der Waals surface area contributed by atoms with Gasteiger partial charge in [0.1, 0.15) is 11.6 Å². The summed E-state index contributed by atoms with van der Waals surface area (Å²) < 4.78 is 22.4. The number of ether oxygens (including phenoxy) is 1. The zero-order chi connectivity index (χ0) is 16.7. The molecule has 0 unspecified atom stereocenters. The lowest BCUT2D eigenvalue weighted by molar-refractivity contribution is -0.123. The summed E-state index contributed by atoms with van der Waals surface area (Å²) in [5.41, 5.74) is 0.0986. The number of carbonyl (C=O) groups excluding carboxylic acids is 3. The van der Waals surface area contributed by atoms with Crippen LogP contribution < -0.4 is 10.6 Å². The Morgan fingerprint density at radius 3 is 2.52 bits per heavy atom. The van der Waals surface area contributed by atoms with Crippen molar-refractivity contribution in [2.75, 3.05) is 6.61 Å². The van der Waals surface area contributed by atoms with Crippen molar-refractivity contribution in [1.29, 1.82) is 0 Å². The van der Waals surface area contributed by atoms with Crippen LogP contribution in [-0.2, 0) is 16.1 Å². The van der Waals surface area contributed by atoms with E-state index in [1.807, 2.05) is 5.32 Å². The van der Waals surface area contributed by atoms with Gasteiger partial charge in [0.15, 0.2) is 6.61 Å². The van der Waals surface area contributed by atoms with Crippen molar-refractivity contribution in [2.24, 2.45) is 0 Å². The standard InChI is InChI=1S/C15H13FN2O5/c16-11-5-3-10(4-6-11)14(20)23-9-13(19)18-15(21)17-8-12-2-1-7-22-12/h1-7H,8-9H2,(H2,17,18,19,21). The second-order valence-electron chi connectivity index (χ2n) is 4.39. The molecule has 2 aromatic rings. The molecule has 1 aromatic heterocycles. The van der Waals surface area contributed by atoms with Crippen molar-refractivity contribution in [1.82, 2.24) is 10.6 Å². The number of urea groups is 1. The van der Waals surface area contributed by atoms with Crippen LogP contribution >= 0.6 is 0 Å². The second-order valence-corrected chi connectivity index (χ2v) is 4.39. The van der Waals surface area contributed by atoms with E-state index in [1.54, 1.807) is 12.1 Å². The summed E-state index contributed by atoms with van der Waals surface area (Å²) >= 11 is 0. The number of carbonyl (C=O) groups is 3. The summed E-state index contributed by atoms with van der Waals surface area (Å²) in [6.45, 7) is -0.522. The highest BCUT2D eigenvalue weighted by molar-refractivity contribution is 5.96. The zero-order valence-corrected chi connectivity index (χ0v) is 11.9. The molecular weight excluding hydrogens is 307 g/mol. The summed E-state index contributed by atoms with van der Waals surface area (Å²) in [6, 6.07) is 7.22. The molecule has 3 amide bonds. The SMILES string of the molecule is O=C(COC(=O)c1ccc(F)cc1)NC(=O)NCc1ccco1. The number of hydrogen-bond acceptors (Lipinski definition) is 5. The predicted molar refractivity (Wildman–Crippen MR) is 75.8 cm³/mol. The fraction of sp³-hybridized carbons (Fsp3) is 0.133. The summed E-state index contributed by atoms with van der Waals surface area (Å²) in [7, 11) is 0. The van der Waals surface area contributed by atoms with E-state index in [0.717, 1.165) is 12.1 Å². The van der Waals surface area contributed by atoms with Crippen LogP contribution in [0.25, 0.3) is 0 Å². The van der Waals surface area contributed by atoms with Gasteiger partial charge in [-0.15, -0.1) is 0 Å². The normalized spacial score (nSPS) is 9.96. The fourth-order valence-corrected chi connectivity index (χ4v) is 1.59. The molecule has 23 heavy (non-hydrogen) atoms. The monoisotopic (exact) mass is 320 g/mol. The Labute approximate surface area is 130 Å². The average Bonchev–Trinajstić information content (AvgIpc) is 3.05. The van der Waals surface area contributed by atoms with Crippen LogP contribution in [0.1, 0.15) is 16.1 Å². The Kier molecular flexibility index (Phi) is 5.45. The molecule has 2 N–H and O–H groups in total. The number of halogens is 1. The van der Waals surface area contributed by atoms with Crippen LogP contribution in [-0.4, -0.2) is 24.5 Å². The van der Waals surface area contributed by atoms with Gasteiger partial charge in [-0.05, 0) is 36.4 Å². The number of imide groups is 1. The first kappa shape index (κ1) is 16.2. The number of nitrogens with one attached hydrogen (secondary N) is 2. The van der Waals surface area contributed by atoms with Gasteiger partial charge in [0.2, 0.25) is 0 Å². The van der Waals surface area contributed by atoms with Gasteiger partial charge in [-0.1, -0.05) is 0 Å². The Morgan fingerprint density at radius 2 is 1.87 bits per heavy atom. The fourth-order valence-electron chi connectivity index (χ4n) is 1.59. The smallest absolute Gasteiger partial charge is 0.338 e. The van der Waals surface area contributed by atoms with Crippen molar-refractivity contribution < 1.29 is 27.9 Å². The number of amides is 3. The van der Waals surface area contributed by atoms with Gasteiger partial charge >= 0.3 is 12.0 Å². The van der Waals surface area contributed by atoms with Crippen molar-refractivity contribution in [3.05, 3.63) is 59.8 Å². The Hall–Kier alpha value is -3.16. The van der Waals surface area contributed by atoms with Crippen LogP contribution in [0.2, 0.25) is 0 Å². The van der Waals surface area contributed by atoms with Gasteiger partial charge in [-0.3, -0.25) is 10.1 Å². The van der Waals surface area contributed by atoms with E-state index in [0.29, 0.717) is 5.76 Å². The Morgan fingerprint density at radius 1 is 1.13 bits per heavy atom. The maximum Gasteiger partial charge on any atom is 0.338 e. The maximum absolute atomic E-state index is 12.7. The minimum atomic E-state index is -0.795. The van der Waals surface area contributed by atoms with Gasteiger partial charge in [0, 0.05) is 0 Å². The molecule has 1 aromatic carbocycles. The molecule has 0 aliphatic carbocycles. The molecule has 0 saturated carbocycles. The largest absolute Gasteiger partial charge is 0.467 e. The lowest BCUT2D eigenvalue weighted by Gasteiger charge is -2.06. The third-order valence-electron chi connectivity index (χ3n) is 2.67. The van der Waals surface area contributed by atoms with E-state index < -0.39 is 30.3 Å². The van der Waals surface area contributed by atoms with Crippen molar-refractivity contribution in [2.45, 2.75) is 6.54 Å². The molecule has 2 rings (SSSR count). The number of furan rings is 1. The van der Waals surface area contributed by atoms with Crippen LogP contribution in [0.15, 0.2) is 47.1 Å². The lowest BCUT2D eigenvalue weighted by atomic mass is 10.2. The predicted octanol–water partition coefficient (Wildman–Crippen LogP) is 1.60. The lowest BCUT2D eigenvalue weighted by Crippen LogP contribution is -2.41. The van der Waals surface area contributed by atoms with E-state index in [2.05, 4.69) is 5.32 Å². The number of rotatable bonds is 5. The minimum Gasteiger partial charge on any atom is -0.467 e. The molecule has 120 valence electrons. The van der Waals surface area contributed by atoms with Gasteiger partial charge in [-0.2, -0.15) is 0 Å². The average molecular weight is 320 g/mol. The van der Waals surface area contributed by atoms with Gasteiger partial charge in [0.25, 0.3) is 5.91 Å². The summed E-state index contributed by atoms with van der Waals surface area (Å²) in [6.07, 6.45) is 1.45. The number of hydrogen-bond donors (Lipinski definition) is 2. The summed E-state index contributed by atoms with van der Waals surface area (Å²) in [5, 5.41) is 4.39. The van der Waals surface area contributed by atoms with Crippen LogP contribution in [0.3, 0.4) is 0 Å². The van der Waals surface area contributed by atoms with Crippen molar-refractivity contribution >= 4 is 17.9 Å². The van der Waals surface area contributed by atoms with E-state index in [9.17, 15) is 18.8 Å². The molecule has 0 aliphatic heterocycles. The maximum atomic E-state index is 12.7. The molecule has 8 heteroatoms. The first-order valence-corrected chi connectivity index (χ1v) is 6.57. The van der Waals surface area contributed by atoms with Crippen LogP contribution in [0, 0.1) is 5.82 Å². The van der Waals surface area contributed by atoms with E-state index >= 15 is 0 Å². The summed E-state index contributed by atoms with van der Waals surface area (Å²) in [4.78, 5) is 34.5. The van der Waals surface area contributed by atoms with Crippen LogP contribution in [0.4, 0.5) is 9.18 Å². The highest BCUT2D eigenvalue weighted by Crippen LogP contribution is 2.04. The molecule has 0 radical (unpaired) electrons. The first-order chi connectivity index (χ1) is 11.0. The molecule has 1 heterocycles. The number of benzene rings is 1. The van der Waals surface area contributed by atoms with Crippen molar-refractivity contribution in [3.8, 4) is 0 Å². The highest BCUT2D eigenvalue weighted by Gasteiger charge is 2.12. The van der Waals surface area contributed by atoms with Gasteiger partial charge in [-0.25, -0.2) is 14.0 Å². The second kappa shape index (κ2) is 7.74. The number of esters is 1. The third-order valence-corrected chi connectivity index (χ3v) is 2.67. The Balaban J connectivity index is 1.70. The highest BCUT2D eigenvalue weighted by atomic mass is 19.1.